The van der Waals surface area contributed by atoms with Crippen molar-refractivity contribution in [3.8, 4) is 0 Å². The first-order valence-electron chi connectivity index (χ1n) is 2.02. The zero-order valence-electron chi connectivity index (χ0n) is 5.06. The lowest BCUT2D eigenvalue weighted by molar-refractivity contribution is -0.432. The monoisotopic (exact) mass is 165 g/mol. The number of ether oxygens (including phenoxy) is 1. The molecule has 0 aliphatic heterocycles. The van der Waals surface area contributed by atoms with Gasteiger partial charge in [-0.15, -0.1) is 0 Å². The average Bonchev–Trinajstić information content (AvgIpc) is 1.63. The van der Waals surface area contributed by atoms with Crippen LogP contribution in [-0.4, -0.2) is 0 Å². The summed E-state index contributed by atoms with van der Waals surface area (Å²) in [6, 6.07) is 0. The van der Waals surface area contributed by atoms with E-state index in [0.29, 0.717) is 0 Å². The molecular weight excluding hydrogens is 159 g/mol. The molecule has 0 heterocycles. The van der Waals surface area contributed by atoms with E-state index >= 15 is 0 Å². The average molecular weight is 165 g/mol. The molecule has 0 atom stereocenters. The maximum absolute atomic E-state index is 8.55. The van der Waals surface area contributed by atoms with Crippen LogP contribution in [-0.2, 0) is 9.30 Å². The van der Waals surface area contributed by atoms with E-state index < -0.39 is 7.82 Å². The summed E-state index contributed by atoms with van der Waals surface area (Å²) in [5.41, 5.74) is 0. The van der Waals surface area contributed by atoms with Gasteiger partial charge in [-0.05, 0) is 0 Å². The first kappa shape index (κ1) is 12.1. The van der Waals surface area contributed by atoms with Gasteiger partial charge in [-0.25, -0.2) is 0 Å². The number of hydrogen-bond donors (Lipinski definition) is 0. The number of phosphoric acid groups is 1. The Kier molecular flexibility index (Phi) is 7.88. The predicted molar refractivity (Wildman–Crippen MR) is 29.1 cm³/mol. The van der Waals surface area contributed by atoms with E-state index in [1.165, 1.54) is 12.5 Å². The van der Waals surface area contributed by atoms with Gasteiger partial charge in [0.05, 0.1) is 12.5 Å². The van der Waals surface area contributed by atoms with Gasteiger partial charge in [0.15, 0.2) is 0 Å². The summed E-state index contributed by atoms with van der Waals surface area (Å²) in [6.45, 7) is 6.51. The van der Waals surface area contributed by atoms with E-state index in [9.17, 15) is 0 Å². The maximum atomic E-state index is 8.55. The second-order valence-corrected chi connectivity index (χ2v) is 1.81. The highest BCUT2D eigenvalue weighted by atomic mass is 31.2. The minimum atomic E-state index is -5.39. The molecule has 0 saturated heterocycles. The zero-order valence-corrected chi connectivity index (χ0v) is 5.95. The Morgan fingerprint density at radius 3 is 1.40 bits per heavy atom. The third-order valence-electron chi connectivity index (χ3n) is 0.192. The van der Waals surface area contributed by atoms with Gasteiger partial charge in [0.2, 0.25) is 0 Å². The molecule has 0 aliphatic rings. The molecule has 0 unspecified atom stereocenters. The Morgan fingerprint density at radius 2 is 1.40 bits per heavy atom. The smallest absolute Gasteiger partial charge is 0.0829 e. The normalized spacial score (nSPS) is 8.70. The summed E-state index contributed by atoms with van der Waals surface area (Å²) in [5, 5.41) is 0. The van der Waals surface area contributed by atoms with Crippen LogP contribution in [0.15, 0.2) is 25.7 Å². The molecule has 0 aliphatic carbocycles. The first-order valence-corrected chi connectivity index (χ1v) is 3.48. The number of rotatable bonds is 2. The standard InChI is InChI=1S/C4H6O.H3O4P/c1-3-5-4-2;1-5(2,3)4/h3-4H,1-2H2;(H3,1,2,3,4)/p-3. The molecule has 0 aromatic heterocycles. The highest BCUT2D eigenvalue weighted by Gasteiger charge is 1.45. The van der Waals surface area contributed by atoms with Gasteiger partial charge in [-0.2, -0.15) is 7.82 Å². The van der Waals surface area contributed by atoms with Crippen LogP contribution in [0.5, 0.6) is 0 Å². The topological polar surface area (TPSA) is 95.5 Å². The molecule has 0 N–H and O–H groups in total. The third-order valence-corrected chi connectivity index (χ3v) is 0.192. The van der Waals surface area contributed by atoms with Crippen molar-refractivity contribution >= 4 is 7.82 Å². The highest BCUT2D eigenvalue weighted by molar-refractivity contribution is 7.40. The predicted octanol–water partition coefficient (Wildman–Crippen LogP) is -1.53. The largest absolute Gasteiger partial charge is 0.822 e. The van der Waals surface area contributed by atoms with Gasteiger partial charge in [0, 0.05) is 0 Å². The molecule has 0 spiro atoms. The van der Waals surface area contributed by atoms with Crippen LogP contribution in [0.2, 0.25) is 0 Å². The van der Waals surface area contributed by atoms with Crippen LogP contribution >= 0.6 is 7.82 Å². The summed E-state index contributed by atoms with van der Waals surface area (Å²) < 4.78 is 12.9. The summed E-state index contributed by atoms with van der Waals surface area (Å²) in [6.07, 6.45) is 2.62. The molecule has 0 fully saturated rings. The summed E-state index contributed by atoms with van der Waals surface area (Å²) in [5.74, 6) is 0. The minimum absolute atomic E-state index is 1.31. The molecule has 0 amide bonds. The van der Waals surface area contributed by atoms with E-state index in [4.69, 9.17) is 19.2 Å². The van der Waals surface area contributed by atoms with Crippen LogP contribution in [0.4, 0.5) is 0 Å². The van der Waals surface area contributed by atoms with Crippen molar-refractivity contribution in [2.45, 2.75) is 0 Å². The minimum Gasteiger partial charge on any atom is -0.822 e. The van der Waals surface area contributed by atoms with E-state index in [-0.39, 0.29) is 0 Å². The molecular formula is C4H6O5P-3. The van der Waals surface area contributed by atoms with E-state index in [1.807, 2.05) is 0 Å². The van der Waals surface area contributed by atoms with Crippen LogP contribution in [0.3, 0.4) is 0 Å². The van der Waals surface area contributed by atoms with Crippen molar-refractivity contribution < 1.29 is 24.0 Å². The van der Waals surface area contributed by atoms with Crippen molar-refractivity contribution in [3.05, 3.63) is 25.7 Å². The van der Waals surface area contributed by atoms with Gasteiger partial charge < -0.3 is 24.0 Å². The second-order valence-electron chi connectivity index (χ2n) is 0.917. The first-order chi connectivity index (χ1) is 4.41. The van der Waals surface area contributed by atoms with Crippen molar-refractivity contribution in [1.82, 2.24) is 0 Å². The van der Waals surface area contributed by atoms with Crippen molar-refractivity contribution in [2.75, 3.05) is 0 Å². The fourth-order valence-corrected chi connectivity index (χ4v) is 0.0680. The van der Waals surface area contributed by atoms with Crippen LogP contribution in [0.1, 0.15) is 0 Å². The van der Waals surface area contributed by atoms with Gasteiger partial charge in [0.25, 0.3) is 0 Å². The molecule has 0 rings (SSSR count). The lowest BCUT2D eigenvalue weighted by Gasteiger charge is -2.36. The van der Waals surface area contributed by atoms with Crippen molar-refractivity contribution in [1.29, 1.82) is 0 Å². The molecule has 60 valence electrons. The Bertz CT molecular complexity index is 122. The molecule has 6 heteroatoms. The van der Waals surface area contributed by atoms with Gasteiger partial charge in [0.1, 0.15) is 0 Å². The van der Waals surface area contributed by atoms with E-state index in [2.05, 4.69) is 17.9 Å². The SMILES string of the molecule is C=COC=C.O=P([O-])([O-])[O-]. The fourth-order valence-electron chi connectivity index (χ4n) is 0.0680. The fraction of sp³-hybridized carbons (Fsp3) is 0. The van der Waals surface area contributed by atoms with Crippen molar-refractivity contribution in [2.24, 2.45) is 0 Å². The van der Waals surface area contributed by atoms with Crippen LogP contribution < -0.4 is 14.7 Å². The van der Waals surface area contributed by atoms with Crippen LogP contribution in [0.25, 0.3) is 0 Å². The quantitative estimate of drug-likeness (QED) is 0.365. The van der Waals surface area contributed by atoms with Crippen molar-refractivity contribution in [3.63, 3.8) is 0 Å². The summed E-state index contributed by atoms with van der Waals surface area (Å²) in [4.78, 5) is 25.6. The Labute approximate surface area is 58.5 Å². The summed E-state index contributed by atoms with van der Waals surface area (Å²) in [7, 11) is -5.39. The molecule has 10 heavy (non-hydrogen) atoms. The van der Waals surface area contributed by atoms with Gasteiger partial charge in [-0.3, -0.25) is 0 Å². The molecule has 0 aromatic rings. The van der Waals surface area contributed by atoms with E-state index in [0.717, 1.165) is 0 Å². The maximum Gasteiger partial charge on any atom is 0.0829 e. The zero-order chi connectivity index (χ0) is 8.62. The lowest BCUT2D eigenvalue weighted by atomic mass is 11.1. The van der Waals surface area contributed by atoms with Gasteiger partial charge in [-0.1, -0.05) is 13.2 Å². The Balaban J connectivity index is 0. The molecule has 5 nitrogen and oxygen atoms in total. The third kappa shape index (κ3) is 156. The van der Waals surface area contributed by atoms with Gasteiger partial charge >= 0.3 is 0 Å². The Hall–Kier alpha value is -0.610. The molecule has 0 bridgehead atoms. The molecule has 0 radical (unpaired) electrons. The Morgan fingerprint density at radius 1 is 1.20 bits per heavy atom. The lowest BCUT2D eigenvalue weighted by Crippen LogP contribution is -2.24. The second kappa shape index (κ2) is 6.51. The number of hydrogen-bond acceptors (Lipinski definition) is 5. The summed E-state index contributed by atoms with van der Waals surface area (Å²) >= 11 is 0. The van der Waals surface area contributed by atoms with E-state index in [1.54, 1.807) is 0 Å². The highest BCUT2D eigenvalue weighted by Crippen LogP contribution is 2.03. The molecule has 0 saturated carbocycles. The van der Waals surface area contributed by atoms with Crippen LogP contribution in [0, 0.1) is 0 Å². The molecule has 0 aromatic carbocycles.